The van der Waals surface area contributed by atoms with E-state index in [1.807, 2.05) is 44.2 Å². The molecule has 140 valence electrons. The third-order valence-electron chi connectivity index (χ3n) is 3.16. The second-order valence-corrected chi connectivity index (χ2v) is 9.09. The lowest BCUT2D eigenvalue weighted by atomic mass is 10.1. The van der Waals surface area contributed by atoms with E-state index >= 15 is 0 Å². The molecule has 24 heavy (non-hydrogen) atoms. The maximum Gasteiger partial charge on any atom is 0.350 e. The molecule has 0 fully saturated rings. The van der Waals surface area contributed by atoms with Gasteiger partial charge >= 0.3 is 7.60 Å². The smallest absolute Gasteiger partial charge is 0.306 e. The Bertz CT molecular complexity index is 493. The zero-order valence-corrected chi connectivity index (χ0v) is 17.7. The molecule has 0 amide bonds. The second-order valence-electron chi connectivity index (χ2n) is 5.48. The molecule has 1 N–H and O–H groups in total. The van der Waals surface area contributed by atoms with Crippen molar-refractivity contribution in [2.45, 2.75) is 31.0 Å². The van der Waals surface area contributed by atoms with Gasteiger partial charge in [0, 0.05) is 23.8 Å². The van der Waals surface area contributed by atoms with Crippen molar-refractivity contribution < 1.29 is 13.6 Å². The number of halogens is 4. The fourth-order valence-corrected chi connectivity index (χ4v) is 4.59. The summed E-state index contributed by atoms with van der Waals surface area (Å²) in [6.07, 6.45) is 0. The lowest BCUT2D eigenvalue weighted by molar-refractivity contribution is 0.208. The molecule has 0 saturated carbocycles. The molecule has 1 rings (SSSR count). The standard InChI is InChI=1S/C15H23Cl3NO3P.ClH/c1-15(2,19-12-13-6-4-3-5-7-13)14(18)23(20,21-10-8-16)22-11-9-17;/h3-7,14,19H,8-12H2,1-2H3;1H. The van der Waals surface area contributed by atoms with E-state index < -0.39 is 18.3 Å². The van der Waals surface area contributed by atoms with Crippen LogP contribution in [0.1, 0.15) is 19.4 Å². The summed E-state index contributed by atoms with van der Waals surface area (Å²) >= 11 is 17.7. The Morgan fingerprint density at radius 2 is 1.62 bits per heavy atom. The molecule has 0 aliphatic carbocycles. The summed E-state index contributed by atoms with van der Waals surface area (Å²) in [6.45, 7) is 4.49. The van der Waals surface area contributed by atoms with Gasteiger partial charge in [0.15, 0.2) is 5.12 Å². The van der Waals surface area contributed by atoms with Gasteiger partial charge in [-0.2, -0.15) is 0 Å². The van der Waals surface area contributed by atoms with E-state index in [0.29, 0.717) is 6.54 Å². The van der Waals surface area contributed by atoms with Gasteiger partial charge in [0.25, 0.3) is 0 Å². The van der Waals surface area contributed by atoms with Crippen molar-refractivity contribution in [3.05, 3.63) is 35.9 Å². The van der Waals surface area contributed by atoms with Crippen molar-refractivity contribution in [1.29, 1.82) is 0 Å². The summed E-state index contributed by atoms with van der Waals surface area (Å²) in [5.74, 6) is 0.408. The third kappa shape index (κ3) is 7.80. The van der Waals surface area contributed by atoms with Crippen molar-refractivity contribution in [1.82, 2.24) is 5.32 Å². The van der Waals surface area contributed by atoms with E-state index in [0.717, 1.165) is 5.56 Å². The molecular weight excluding hydrogens is 415 g/mol. The summed E-state index contributed by atoms with van der Waals surface area (Å²) in [4.78, 5) is 0. The molecule has 4 nitrogen and oxygen atoms in total. The Balaban J connectivity index is 0.00000529. The van der Waals surface area contributed by atoms with Crippen LogP contribution in [0.15, 0.2) is 30.3 Å². The van der Waals surface area contributed by atoms with Gasteiger partial charge in [-0.05, 0) is 19.4 Å². The summed E-state index contributed by atoms with van der Waals surface area (Å²) in [5, 5.41) is 2.42. The zero-order valence-electron chi connectivity index (χ0n) is 13.7. The first-order valence-corrected chi connectivity index (χ1v) is 10.4. The lowest BCUT2D eigenvalue weighted by Crippen LogP contribution is -2.47. The maximum absolute atomic E-state index is 13.0. The van der Waals surface area contributed by atoms with E-state index in [1.54, 1.807) is 0 Å². The molecule has 0 radical (unpaired) electrons. The molecule has 0 saturated heterocycles. The molecule has 0 aromatic heterocycles. The Labute approximate surface area is 165 Å². The number of alkyl halides is 3. The largest absolute Gasteiger partial charge is 0.350 e. The van der Waals surface area contributed by atoms with E-state index in [-0.39, 0.29) is 37.4 Å². The van der Waals surface area contributed by atoms with Crippen LogP contribution < -0.4 is 5.32 Å². The van der Waals surface area contributed by atoms with Crippen molar-refractivity contribution >= 4 is 54.8 Å². The van der Waals surface area contributed by atoms with Crippen LogP contribution in [0.3, 0.4) is 0 Å². The van der Waals surface area contributed by atoms with Gasteiger partial charge in [0.1, 0.15) is 0 Å². The zero-order chi connectivity index (χ0) is 17.3. The second kappa shape index (κ2) is 12.0. The van der Waals surface area contributed by atoms with Gasteiger partial charge in [-0.3, -0.25) is 4.57 Å². The van der Waals surface area contributed by atoms with E-state index in [1.165, 1.54) is 0 Å². The molecular formula is C15H24Cl4NO3P. The number of hydrogen-bond donors (Lipinski definition) is 1. The normalized spacial score (nSPS) is 13.4. The van der Waals surface area contributed by atoms with Gasteiger partial charge < -0.3 is 14.4 Å². The molecule has 0 bridgehead atoms. The molecule has 1 unspecified atom stereocenters. The Morgan fingerprint density at radius 1 is 1.12 bits per heavy atom. The molecule has 9 heteroatoms. The summed E-state index contributed by atoms with van der Waals surface area (Å²) in [7, 11) is -3.55. The quantitative estimate of drug-likeness (QED) is 0.378. The van der Waals surface area contributed by atoms with E-state index in [2.05, 4.69) is 5.32 Å². The predicted molar refractivity (Wildman–Crippen MR) is 105 cm³/mol. The van der Waals surface area contributed by atoms with Crippen molar-refractivity contribution in [3.8, 4) is 0 Å². The third-order valence-corrected chi connectivity index (χ3v) is 7.02. The fraction of sp³-hybridized carbons (Fsp3) is 0.600. The maximum atomic E-state index is 13.0. The highest BCUT2D eigenvalue weighted by Crippen LogP contribution is 2.58. The average Bonchev–Trinajstić information content (AvgIpc) is 2.56. The van der Waals surface area contributed by atoms with Gasteiger partial charge in [-0.15, -0.1) is 47.2 Å². The van der Waals surface area contributed by atoms with Crippen LogP contribution in [0.4, 0.5) is 0 Å². The summed E-state index contributed by atoms with van der Waals surface area (Å²) in [6, 6.07) is 9.87. The molecule has 0 spiro atoms. The lowest BCUT2D eigenvalue weighted by Gasteiger charge is -2.35. The van der Waals surface area contributed by atoms with Crippen LogP contribution in [0, 0.1) is 0 Å². The molecule has 1 atom stereocenters. The first kappa shape index (κ1) is 24.5. The molecule has 1 aromatic rings. The number of benzene rings is 1. The predicted octanol–water partition coefficient (Wildman–Crippen LogP) is 5.25. The Kier molecular flexibility index (Phi) is 12.2. The Morgan fingerprint density at radius 3 is 2.08 bits per heavy atom. The van der Waals surface area contributed by atoms with Crippen LogP contribution in [0.25, 0.3) is 0 Å². The van der Waals surface area contributed by atoms with Gasteiger partial charge in [0.2, 0.25) is 0 Å². The minimum atomic E-state index is -3.55. The van der Waals surface area contributed by atoms with E-state index in [4.69, 9.17) is 43.9 Å². The minimum absolute atomic E-state index is 0. The number of hydrogen-bond acceptors (Lipinski definition) is 4. The van der Waals surface area contributed by atoms with Crippen molar-refractivity contribution in [2.24, 2.45) is 0 Å². The van der Waals surface area contributed by atoms with E-state index in [9.17, 15) is 4.57 Å². The molecule has 0 aliphatic heterocycles. The van der Waals surface area contributed by atoms with Crippen LogP contribution in [-0.2, 0) is 20.2 Å². The van der Waals surface area contributed by atoms with Crippen LogP contribution in [0.2, 0.25) is 0 Å². The number of rotatable bonds is 11. The van der Waals surface area contributed by atoms with Gasteiger partial charge in [-0.1, -0.05) is 30.3 Å². The Hall–Kier alpha value is 0.490. The summed E-state index contributed by atoms with van der Waals surface area (Å²) < 4.78 is 23.7. The van der Waals surface area contributed by atoms with Crippen LogP contribution in [0.5, 0.6) is 0 Å². The van der Waals surface area contributed by atoms with Crippen LogP contribution >= 0.6 is 54.8 Å². The number of nitrogens with one attached hydrogen (secondary N) is 1. The molecule has 1 aromatic carbocycles. The SMILES string of the molecule is CC(C)(NCc1ccccc1)C(Cl)P(=O)(OCCCl)OCCCl.Cl. The highest BCUT2D eigenvalue weighted by molar-refractivity contribution is 7.56. The fourth-order valence-electron chi connectivity index (χ4n) is 1.90. The van der Waals surface area contributed by atoms with Crippen molar-refractivity contribution in [3.63, 3.8) is 0 Å². The van der Waals surface area contributed by atoms with Gasteiger partial charge in [0.05, 0.1) is 13.2 Å². The van der Waals surface area contributed by atoms with Crippen molar-refractivity contribution in [2.75, 3.05) is 25.0 Å². The monoisotopic (exact) mass is 437 g/mol. The van der Waals surface area contributed by atoms with Crippen LogP contribution in [-0.4, -0.2) is 35.6 Å². The minimum Gasteiger partial charge on any atom is -0.306 e. The topological polar surface area (TPSA) is 47.6 Å². The highest BCUT2D eigenvalue weighted by Gasteiger charge is 2.44. The summed E-state index contributed by atoms with van der Waals surface area (Å²) in [5.41, 5.74) is 0.411. The first-order valence-electron chi connectivity index (χ1n) is 7.29. The highest BCUT2D eigenvalue weighted by atomic mass is 35.5. The molecule has 0 aliphatic rings. The average molecular weight is 439 g/mol. The molecule has 0 heterocycles. The van der Waals surface area contributed by atoms with Gasteiger partial charge in [-0.25, -0.2) is 0 Å². The first-order chi connectivity index (χ1) is 10.9.